The second kappa shape index (κ2) is 16.0. The van der Waals surface area contributed by atoms with Crippen molar-refractivity contribution in [1.29, 1.82) is 0 Å². The van der Waals surface area contributed by atoms with E-state index in [1.165, 1.54) is 6.07 Å². The number of aromatic nitrogens is 4. The maximum atomic E-state index is 16.0. The van der Waals surface area contributed by atoms with Crippen LogP contribution < -0.4 is 0 Å². The van der Waals surface area contributed by atoms with Gasteiger partial charge in [-0.05, 0) is 71.8 Å². The van der Waals surface area contributed by atoms with Gasteiger partial charge in [0.1, 0.15) is 11.6 Å². The molecule has 4 nitrogen and oxygen atoms in total. The molecule has 4 heterocycles. The van der Waals surface area contributed by atoms with E-state index in [4.69, 9.17) is 9.97 Å². The number of halogens is 5. The van der Waals surface area contributed by atoms with Gasteiger partial charge in [-0.1, -0.05) is 140 Å². The zero-order chi connectivity index (χ0) is 46.1. The molecule has 12 rings (SSSR count). The maximum Gasteiger partial charge on any atom is 0.417 e. The molecular formula is C59H35F5N4. The molecule has 0 atom stereocenters. The predicted molar refractivity (Wildman–Crippen MR) is 263 cm³/mol. The van der Waals surface area contributed by atoms with Crippen molar-refractivity contribution >= 4 is 43.6 Å². The lowest BCUT2D eigenvalue weighted by atomic mass is 9.95. The summed E-state index contributed by atoms with van der Waals surface area (Å²) in [7, 11) is 0. The van der Waals surface area contributed by atoms with Crippen LogP contribution in [0.5, 0.6) is 0 Å². The number of alkyl halides is 3. The van der Waals surface area contributed by atoms with Crippen LogP contribution in [0.1, 0.15) is 5.56 Å². The van der Waals surface area contributed by atoms with Gasteiger partial charge in [-0.25, -0.2) is 8.78 Å². The quantitative estimate of drug-likeness (QED) is 0.149. The third-order valence-corrected chi connectivity index (χ3v) is 12.8. The van der Waals surface area contributed by atoms with E-state index in [0.29, 0.717) is 22.1 Å². The first-order valence-electron chi connectivity index (χ1n) is 22.0. The molecule has 12 aromatic rings. The fraction of sp³-hybridized carbons (Fsp3) is 0.0169. The lowest BCUT2D eigenvalue weighted by Crippen LogP contribution is -2.13. The molecule has 0 bridgehead atoms. The third kappa shape index (κ3) is 6.65. The van der Waals surface area contributed by atoms with Crippen LogP contribution in [-0.4, -0.2) is 19.1 Å². The van der Waals surface area contributed by atoms with E-state index in [1.54, 1.807) is 12.4 Å². The first-order chi connectivity index (χ1) is 33.2. The molecule has 0 fully saturated rings. The second-order valence-electron chi connectivity index (χ2n) is 16.7. The Balaban J connectivity index is 1.22. The Morgan fingerprint density at radius 2 is 0.794 bits per heavy atom. The zero-order valence-corrected chi connectivity index (χ0v) is 35.9. The van der Waals surface area contributed by atoms with E-state index in [-0.39, 0.29) is 11.4 Å². The van der Waals surface area contributed by atoms with Crippen LogP contribution in [0.3, 0.4) is 0 Å². The third-order valence-electron chi connectivity index (χ3n) is 12.8. The van der Waals surface area contributed by atoms with Crippen LogP contribution >= 0.6 is 0 Å². The highest BCUT2D eigenvalue weighted by atomic mass is 19.4. The van der Waals surface area contributed by atoms with Crippen molar-refractivity contribution in [1.82, 2.24) is 19.1 Å². The van der Waals surface area contributed by atoms with Gasteiger partial charge < -0.3 is 9.13 Å². The lowest BCUT2D eigenvalue weighted by Gasteiger charge is -2.22. The molecule has 0 saturated carbocycles. The highest BCUT2D eigenvalue weighted by molar-refractivity contribution is 6.13. The Morgan fingerprint density at radius 1 is 0.353 bits per heavy atom. The summed E-state index contributed by atoms with van der Waals surface area (Å²) >= 11 is 0. The fourth-order valence-electron chi connectivity index (χ4n) is 9.86. The SMILES string of the molecule is Fc1cccc(F)c1-c1cc(-n2c3ccccc3c3ccc(-c4cccnc4-c4ccccc4)cc32)c(-n2c3ccccc3c3ccc(-c4cccnc4-c4ccccc4)cc32)cc1C(F)(F)F. The average molecular weight is 895 g/mol. The number of nitrogens with zero attached hydrogens (tertiary/aromatic N) is 4. The van der Waals surface area contributed by atoms with Gasteiger partial charge in [0.15, 0.2) is 0 Å². The molecule has 326 valence electrons. The fourth-order valence-corrected chi connectivity index (χ4v) is 9.86. The minimum Gasteiger partial charge on any atom is -0.307 e. The molecule has 68 heavy (non-hydrogen) atoms. The topological polar surface area (TPSA) is 35.6 Å². The second-order valence-corrected chi connectivity index (χ2v) is 16.7. The maximum absolute atomic E-state index is 16.0. The minimum absolute atomic E-state index is 0.148. The largest absolute Gasteiger partial charge is 0.417 e. The van der Waals surface area contributed by atoms with Gasteiger partial charge in [0.2, 0.25) is 0 Å². The van der Waals surface area contributed by atoms with Gasteiger partial charge in [0.05, 0.1) is 56.0 Å². The van der Waals surface area contributed by atoms with Gasteiger partial charge in [-0.2, -0.15) is 13.2 Å². The van der Waals surface area contributed by atoms with E-state index in [1.807, 2.05) is 179 Å². The Morgan fingerprint density at radius 3 is 1.28 bits per heavy atom. The number of rotatable bonds is 7. The van der Waals surface area contributed by atoms with Crippen LogP contribution in [0.15, 0.2) is 213 Å². The first-order valence-corrected chi connectivity index (χ1v) is 22.0. The molecule has 0 aliphatic heterocycles. The number of fused-ring (bicyclic) bond motifs is 6. The normalized spacial score (nSPS) is 11.9. The van der Waals surface area contributed by atoms with E-state index in [9.17, 15) is 0 Å². The molecule has 4 aromatic heterocycles. The minimum atomic E-state index is -5.04. The Hall–Kier alpha value is -8.69. The number of hydrogen-bond acceptors (Lipinski definition) is 2. The summed E-state index contributed by atoms with van der Waals surface area (Å²) in [5.74, 6) is -2.23. The van der Waals surface area contributed by atoms with Crippen molar-refractivity contribution in [3.63, 3.8) is 0 Å². The van der Waals surface area contributed by atoms with Crippen molar-refractivity contribution in [3.8, 4) is 67.3 Å². The molecule has 0 radical (unpaired) electrons. The zero-order valence-electron chi connectivity index (χ0n) is 35.9. The molecule has 0 saturated heterocycles. The molecule has 0 aliphatic rings. The van der Waals surface area contributed by atoms with Gasteiger partial charge >= 0.3 is 6.18 Å². The van der Waals surface area contributed by atoms with E-state index >= 15 is 22.0 Å². The Kier molecular flexibility index (Phi) is 9.62. The molecule has 0 spiro atoms. The van der Waals surface area contributed by atoms with Crippen LogP contribution in [0, 0.1) is 11.6 Å². The molecule has 0 aliphatic carbocycles. The molecule has 9 heteroatoms. The summed E-state index contributed by atoms with van der Waals surface area (Å²) in [4.78, 5) is 9.57. The van der Waals surface area contributed by atoms with Gasteiger partial charge in [0, 0.05) is 61.8 Å². The van der Waals surface area contributed by atoms with Crippen LogP contribution in [0.2, 0.25) is 0 Å². The standard InChI is InChI=1S/C59H35F5N4/c60-48-22-11-23-49(61)56(48)46-34-54(67-50-24-9-7-18-42(50)44-28-26-38(32-52(44)67)40-20-12-30-65-57(40)36-14-3-1-4-15-36)55(35-47(46)59(62,63)64)68-51-25-10-8-19-43(51)45-29-27-39(33-53(45)68)41-21-13-31-66-58(41)37-16-5-2-6-17-37/h1-35H. The Bertz CT molecular complexity index is 3910. The summed E-state index contributed by atoms with van der Waals surface area (Å²) in [5, 5.41) is 3.27. The highest BCUT2D eigenvalue weighted by Gasteiger charge is 2.37. The summed E-state index contributed by atoms with van der Waals surface area (Å²) < 4.78 is 83.4. The molecular weight excluding hydrogens is 860 g/mol. The monoisotopic (exact) mass is 894 g/mol. The van der Waals surface area contributed by atoms with Crippen molar-refractivity contribution in [2.24, 2.45) is 0 Å². The van der Waals surface area contributed by atoms with E-state index < -0.39 is 34.5 Å². The van der Waals surface area contributed by atoms with Crippen LogP contribution in [0.4, 0.5) is 22.0 Å². The van der Waals surface area contributed by atoms with E-state index in [0.717, 1.165) is 90.6 Å². The summed E-state index contributed by atoms with van der Waals surface area (Å²) in [6.45, 7) is 0. The van der Waals surface area contributed by atoms with Crippen molar-refractivity contribution in [3.05, 3.63) is 230 Å². The molecule has 0 unspecified atom stereocenters. The van der Waals surface area contributed by atoms with Gasteiger partial charge in [0.25, 0.3) is 0 Å². The van der Waals surface area contributed by atoms with Gasteiger partial charge in [-0.3, -0.25) is 9.97 Å². The highest BCUT2D eigenvalue weighted by Crippen LogP contribution is 2.47. The number of para-hydroxylation sites is 2. The molecule has 0 N–H and O–H groups in total. The summed E-state index contributed by atoms with van der Waals surface area (Å²) in [6, 6.07) is 60.1. The lowest BCUT2D eigenvalue weighted by molar-refractivity contribution is -0.137. The van der Waals surface area contributed by atoms with Gasteiger partial charge in [-0.15, -0.1) is 0 Å². The van der Waals surface area contributed by atoms with Crippen molar-refractivity contribution < 1.29 is 22.0 Å². The van der Waals surface area contributed by atoms with E-state index in [2.05, 4.69) is 0 Å². The smallest absolute Gasteiger partial charge is 0.307 e. The van der Waals surface area contributed by atoms with Crippen LogP contribution in [0.25, 0.3) is 111 Å². The molecule has 0 amide bonds. The Labute approximate surface area is 386 Å². The predicted octanol–water partition coefficient (Wildman–Crippen LogP) is 16.3. The summed E-state index contributed by atoms with van der Waals surface area (Å²) in [6.07, 6.45) is -1.56. The average Bonchev–Trinajstić information content (AvgIpc) is 3.88. The molecule has 8 aromatic carbocycles. The first kappa shape index (κ1) is 40.8. The van der Waals surface area contributed by atoms with Crippen molar-refractivity contribution in [2.75, 3.05) is 0 Å². The number of benzene rings is 8. The number of hydrogen-bond donors (Lipinski definition) is 0. The number of pyridine rings is 2. The van der Waals surface area contributed by atoms with Crippen molar-refractivity contribution in [2.45, 2.75) is 6.18 Å². The van der Waals surface area contributed by atoms with Crippen LogP contribution in [-0.2, 0) is 6.18 Å². The summed E-state index contributed by atoms with van der Waals surface area (Å²) in [5.41, 5.74) is 7.05.